The van der Waals surface area contributed by atoms with Gasteiger partial charge in [-0.05, 0) is 25.2 Å². The first-order valence-corrected chi connectivity index (χ1v) is 7.95. The van der Waals surface area contributed by atoms with E-state index in [1.165, 1.54) is 0 Å². The number of rotatable bonds is 8. The highest BCUT2D eigenvalue weighted by atomic mass is 32.2. The maximum atomic E-state index is 11.8. The van der Waals surface area contributed by atoms with Crippen LogP contribution in [0.1, 0.15) is 47.5 Å². The second-order valence-electron chi connectivity index (χ2n) is 5.51. The van der Waals surface area contributed by atoms with Crippen LogP contribution in [-0.4, -0.2) is 31.4 Å². The van der Waals surface area contributed by atoms with Crippen molar-refractivity contribution >= 4 is 10.0 Å². The van der Waals surface area contributed by atoms with Gasteiger partial charge in [0.05, 0.1) is 11.4 Å². The van der Waals surface area contributed by atoms with E-state index in [-0.39, 0.29) is 24.1 Å². The topological polar surface area (TPSA) is 66.4 Å². The van der Waals surface area contributed by atoms with Gasteiger partial charge in [0.15, 0.2) is 0 Å². The third-order valence-corrected chi connectivity index (χ3v) is 4.77. The van der Waals surface area contributed by atoms with Gasteiger partial charge in [-0.15, -0.1) is 0 Å². The highest BCUT2D eigenvalue weighted by Crippen LogP contribution is 2.15. The van der Waals surface area contributed by atoms with Crippen molar-refractivity contribution < 1.29 is 13.5 Å². The molecule has 0 rings (SSSR count). The van der Waals surface area contributed by atoms with Crippen LogP contribution < -0.4 is 4.72 Å². The molecule has 0 bridgehead atoms. The van der Waals surface area contributed by atoms with Crippen LogP contribution in [0.5, 0.6) is 0 Å². The zero-order valence-corrected chi connectivity index (χ0v) is 12.5. The van der Waals surface area contributed by atoms with Crippen molar-refractivity contribution in [1.82, 2.24) is 4.72 Å². The fourth-order valence-electron chi connectivity index (χ4n) is 1.47. The van der Waals surface area contributed by atoms with Gasteiger partial charge >= 0.3 is 0 Å². The Bertz CT molecular complexity index is 310. The number of hydrogen-bond acceptors (Lipinski definition) is 3. The van der Waals surface area contributed by atoms with Gasteiger partial charge in [-0.1, -0.05) is 34.1 Å². The first kappa shape index (κ1) is 16.9. The summed E-state index contributed by atoms with van der Waals surface area (Å²) in [5, 5.41) is 9.97. The molecule has 0 aromatic rings. The molecular weight excluding hydrogens is 238 g/mol. The molecule has 17 heavy (non-hydrogen) atoms. The molecule has 104 valence electrons. The smallest absolute Gasteiger partial charge is 0.211 e. The molecule has 0 aromatic carbocycles. The Kier molecular flexibility index (Phi) is 6.66. The van der Waals surface area contributed by atoms with Crippen LogP contribution in [0.3, 0.4) is 0 Å². The van der Waals surface area contributed by atoms with E-state index in [0.717, 1.165) is 12.8 Å². The molecule has 5 heteroatoms. The highest BCUT2D eigenvalue weighted by Gasteiger charge is 2.27. The highest BCUT2D eigenvalue weighted by molar-refractivity contribution is 7.89. The predicted octanol–water partition coefficient (Wildman–Crippen LogP) is 1.75. The Morgan fingerprint density at radius 2 is 1.82 bits per heavy atom. The lowest BCUT2D eigenvalue weighted by Gasteiger charge is -2.28. The maximum Gasteiger partial charge on any atom is 0.211 e. The number of nitrogens with one attached hydrogen (secondary N) is 1. The molecule has 2 N–H and O–H groups in total. The minimum absolute atomic E-state index is 0.0123. The molecule has 0 heterocycles. The largest absolute Gasteiger partial charge is 0.389 e. The zero-order valence-electron chi connectivity index (χ0n) is 11.7. The van der Waals surface area contributed by atoms with Crippen molar-refractivity contribution in [3.05, 3.63) is 0 Å². The number of sulfonamides is 1. The van der Waals surface area contributed by atoms with E-state index in [2.05, 4.69) is 4.72 Å². The molecular formula is C12H27NO3S. The summed E-state index contributed by atoms with van der Waals surface area (Å²) < 4.78 is 26.0. The molecule has 0 aliphatic heterocycles. The minimum Gasteiger partial charge on any atom is -0.389 e. The van der Waals surface area contributed by atoms with Crippen molar-refractivity contribution in [3.8, 4) is 0 Å². The van der Waals surface area contributed by atoms with E-state index < -0.39 is 15.6 Å². The van der Waals surface area contributed by atoms with E-state index in [0.29, 0.717) is 0 Å². The van der Waals surface area contributed by atoms with Gasteiger partial charge in [-0.25, -0.2) is 13.1 Å². The first-order chi connectivity index (χ1) is 7.60. The second-order valence-corrected chi connectivity index (χ2v) is 7.36. The second kappa shape index (κ2) is 6.71. The van der Waals surface area contributed by atoms with Crippen LogP contribution in [0.25, 0.3) is 0 Å². The number of hydrogen-bond donors (Lipinski definition) is 2. The van der Waals surface area contributed by atoms with Gasteiger partial charge in [0, 0.05) is 6.54 Å². The molecule has 0 fully saturated rings. The molecule has 2 atom stereocenters. The molecule has 0 saturated heterocycles. The number of aliphatic hydroxyl groups is 1. The Morgan fingerprint density at radius 1 is 1.29 bits per heavy atom. The molecule has 2 unspecified atom stereocenters. The normalized spacial score (nSPS) is 18.1. The summed E-state index contributed by atoms with van der Waals surface area (Å²) in [6, 6.07) is 0. The van der Waals surface area contributed by atoms with Crippen LogP contribution in [0.15, 0.2) is 0 Å². The fourth-order valence-corrected chi connectivity index (χ4v) is 3.02. The molecule has 0 spiro atoms. The van der Waals surface area contributed by atoms with E-state index in [4.69, 9.17) is 0 Å². The summed E-state index contributed by atoms with van der Waals surface area (Å²) in [7, 11) is -3.28. The standard InChI is InChI=1S/C12H27NO3S/c1-6-7-11(4)8-17(15,16)13-9-12(5,14)10(2)3/h10-11,13-14H,6-9H2,1-5H3. The van der Waals surface area contributed by atoms with Crippen molar-refractivity contribution in [3.63, 3.8) is 0 Å². The van der Waals surface area contributed by atoms with Crippen molar-refractivity contribution in [1.29, 1.82) is 0 Å². The Hall–Kier alpha value is -0.130. The average Bonchev–Trinajstić information content (AvgIpc) is 2.14. The van der Waals surface area contributed by atoms with Crippen LogP contribution in [-0.2, 0) is 10.0 Å². The van der Waals surface area contributed by atoms with Gasteiger partial charge in [0.1, 0.15) is 0 Å². The van der Waals surface area contributed by atoms with Crippen molar-refractivity contribution in [2.24, 2.45) is 11.8 Å². The zero-order chi connectivity index (χ0) is 13.7. The van der Waals surface area contributed by atoms with Gasteiger partial charge < -0.3 is 5.11 Å². The summed E-state index contributed by atoms with van der Waals surface area (Å²) in [5.74, 6) is 0.300. The third-order valence-electron chi connectivity index (χ3n) is 3.18. The summed E-state index contributed by atoms with van der Waals surface area (Å²) in [6.07, 6.45) is 1.89. The van der Waals surface area contributed by atoms with Gasteiger partial charge in [-0.2, -0.15) is 0 Å². The monoisotopic (exact) mass is 265 g/mol. The molecule has 0 aliphatic carbocycles. The summed E-state index contributed by atoms with van der Waals surface area (Å²) in [5.41, 5.74) is -0.999. The maximum absolute atomic E-state index is 11.8. The van der Waals surface area contributed by atoms with E-state index in [1.807, 2.05) is 27.7 Å². The van der Waals surface area contributed by atoms with E-state index in [9.17, 15) is 13.5 Å². The summed E-state index contributed by atoms with van der Waals surface area (Å²) in [4.78, 5) is 0. The molecule has 4 nitrogen and oxygen atoms in total. The lowest BCUT2D eigenvalue weighted by atomic mass is 9.93. The molecule has 0 saturated carbocycles. The van der Waals surface area contributed by atoms with Gasteiger partial charge in [-0.3, -0.25) is 0 Å². The molecule has 0 amide bonds. The predicted molar refractivity (Wildman–Crippen MR) is 71.3 cm³/mol. The Labute approximate surface area is 106 Å². The van der Waals surface area contributed by atoms with E-state index in [1.54, 1.807) is 6.92 Å². The summed E-state index contributed by atoms with van der Waals surface area (Å²) >= 11 is 0. The van der Waals surface area contributed by atoms with Crippen LogP contribution in [0, 0.1) is 11.8 Å². The summed E-state index contributed by atoms with van der Waals surface area (Å²) in [6.45, 7) is 9.44. The lowest BCUT2D eigenvalue weighted by Crippen LogP contribution is -2.45. The molecule has 0 radical (unpaired) electrons. The lowest BCUT2D eigenvalue weighted by molar-refractivity contribution is 0.0190. The SMILES string of the molecule is CCCC(C)CS(=O)(=O)NCC(C)(O)C(C)C. The third kappa shape index (κ3) is 7.01. The Morgan fingerprint density at radius 3 is 2.24 bits per heavy atom. The molecule has 0 aliphatic rings. The van der Waals surface area contributed by atoms with Gasteiger partial charge in [0.25, 0.3) is 0 Å². The van der Waals surface area contributed by atoms with Gasteiger partial charge in [0.2, 0.25) is 10.0 Å². The quantitative estimate of drug-likeness (QED) is 0.702. The fraction of sp³-hybridized carbons (Fsp3) is 1.00. The van der Waals surface area contributed by atoms with Crippen LogP contribution in [0.4, 0.5) is 0 Å². The Balaban J connectivity index is 4.28. The average molecular weight is 265 g/mol. The minimum atomic E-state index is -3.28. The van der Waals surface area contributed by atoms with Crippen molar-refractivity contribution in [2.75, 3.05) is 12.3 Å². The van der Waals surface area contributed by atoms with Crippen LogP contribution in [0.2, 0.25) is 0 Å². The first-order valence-electron chi connectivity index (χ1n) is 6.30. The van der Waals surface area contributed by atoms with Crippen molar-refractivity contribution in [2.45, 2.75) is 53.1 Å². The van der Waals surface area contributed by atoms with Crippen LogP contribution >= 0.6 is 0 Å². The van der Waals surface area contributed by atoms with E-state index >= 15 is 0 Å². The molecule has 0 aromatic heterocycles.